The van der Waals surface area contributed by atoms with Crippen molar-refractivity contribution >= 4 is 28.6 Å². The number of alkyl halides is 1. The zero-order valence-electron chi connectivity index (χ0n) is 7.16. The van der Waals surface area contributed by atoms with Crippen molar-refractivity contribution < 1.29 is 14.3 Å². The Balaban J connectivity index is 2.00. The lowest BCUT2D eigenvalue weighted by molar-refractivity contribution is -0.146. The van der Waals surface area contributed by atoms with Crippen molar-refractivity contribution in [1.29, 1.82) is 0 Å². The molecule has 0 N–H and O–H groups in total. The van der Waals surface area contributed by atoms with Gasteiger partial charge < -0.3 is 9.47 Å². The molecule has 72 valence electrons. The predicted octanol–water partition coefficient (Wildman–Crippen LogP) is 1.14. The fraction of sp³-hybridized carbons (Fsp3) is 0.889. The molecule has 3 fully saturated rings. The molecule has 2 bridgehead atoms. The van der Waals surface area contributed by atoms with Gasteiger partial charge in [0.25, 0.3) is 0 Å². The van der Waals surface area contributed by atoms with Crippen molar-refractivity contribution in [2.24, 2.45) is 11.8 Å². The highest BCUT2D eigenvalue weighted by Gasteiger charge is 2.64. The third kappa shape index (κ3) is 0.909. The lowest BCUT2D eigenvalue weighted by Crippen LogP contribution is -2.41. The van der Waals surface area contributed by atoms with Crippen LogP contribution in [0.5, 0.6) is 0 Å². The van der Waals surface area contributed by atoms with Gasteiger partial charge in [0.1, 0.15) is 0 Å². The monoisotopic (exact) mass is 294 g/mol. The molecule has 0 aromatic heterocycles. The van der Waals surface area contributed by atoms with Gasteiger partial charge in [-0.15, -0.1) is 0 Å². The molecule has 4 heteroatoms. The minimum absolute atomic E-state index is 0.0242. The summed E-state index contributed by atoms with van der Waals surface area (Å²) in [4.78, 5) is 11.5. The number of carbonyl (C=O) groups excluding carboxylic acids is 1. The van der Waals surface area contributed by atoms with E-state index in [-0.39, 0.29) is 17.5 Å². The summed E-state index contributed by atoms with van der Waals surface area (Å²) in [6.45, 7) is 0.590. The molecule has 0 unspecified atom stereocenters. The molecule has 0 amide bonds. The Morgan fingerprint density at radius 2 is 2.46 bits per heavy atom. The second-order valence-electron chi connectivity index (χ2n) is 4.16. The summed E-state index contributed by atoms with van der Waals surface area (Å²) in [6.07, 6.45) is 2.45. The molecule has 3 saturated heterocycles. The number of cyclic esters (lactones) is 1. The standard InChI is InChI=1S/C9H11IO3/c10-4-9-2-1-6(13-9)5-3-12-8(11)7(5)9/h5-7H,1-4H2/t5-,6-,7+,9-/m1/s1. The second kappa shape index (κ2) is 2.59. The van der Waals surface area contributed by atoms with Gasteiger partial charge in [-0.05, 0) is 12.8 Å². The van der Waals surface area contributed by atoms with E-state index in [2.05, 4.69) is 22.6 Å². The van der Waals surface area contributed by atoms with Crippen LogP contribution in [0.2, 0.25) is 0 Å². The lowest BCUT2D eigenvalue weighted by Gasteiger charge is -2.27. The number of hydrogen-bond acceptors (Lipinski definition) is 3. The first-order valence-corrected chi connectivity index (χ1v) is 6.20. The maximum Gasteiger partial charge on any atom is 0.312 e. The number of halogens is 1. The maximum atomic E-state index is 11.5. The SMILES string of the molecule is O=C1OC[C@H]2[C@@H]1[C@]1(CI)CC[C@H]2O1. The molecule has 0 spiro atoms. The Morgan fingerprint density at radius 3 is 3.23 bits per heavy atom. The van der Waals surface area contributed by atoms with Gasteiger partial charge >= 0.3 is 5.97 Å². The first kappa shape index (κ1) is 8.47. The number of ether oxygens (including phenoxy) is 2. The van der Waals surface area contributed by atoms with Gasteiger partial charge in [-0.2, -0.15) is 0 Å². The van der Waals surface area contributed by atoms with E-state index in [4.69, 9.17) is 9.47 Å². The molecule has 3 heterocycles. The van der Waals surface area contributed by atoms with Gasteiger partial charge in [-0.25, -0.2) is 0 Å². The minimum Gasteiger partial charge on any atom is -0.465 e. The first-order chi connectivity index (χ1) is 6.27. The highest BCUT2D eigenvalue weighted by molar-refractivity contribution is 14.1. The van der Waals surface area contributed by atoms with Crippen LogP contribution in [0, 0.1) is 11.8 Å². The quantitative estimate of drug-likeness (QED) is 0.413. The zero-order chi connectivity index (χ0) is 9.05. The van der Waals surface area contributed by atoms with E-state index in [1.807, 2.05) is 0 Å². The van der Waals surface area contributed by atoms with Crippen molar-refractivity contribution in [3.63, 3.8) is 0 Å². The van der Waals surface area contributed by atoms with Crippen molar-refractivity contribution in [3.05, 3.63) is 0 Å². The molecular weight excluding hydrogens is 283 g/mol. The van der Waals surface area contributed by atoms with Gasteiger partial charge in [0.2, 0.25) is 0 Å². The predicted molar refractivity (Wildman–Crippen MR) is 53.7 cm³/mol. The Hall–Kier alpha value is 0.160. The van der Waals surface area contributed by atoms with E-state index in [0.717, 1.165) is 17.3 Å². The van der Waals surface area contributed by atoms with E-state index in [9.17, 15) is 4.79 Å². The summed E-state index contributed by atoms with van der Waals surface area (Å²) in [5, 5.41) is 0. The van der Waals surface area contributed by atoms with E-state index >= 15 is 0 Å². The second-order valence-corrected chi connectivity index (χ2v) is 4.93. The topological polar surface area (TPSA) is 35.5 Å². The van der Waals surface area contributed by atoms with Crippen molar-refractivity contribution in [1.82, 2.24) is 0 Å². The number of fused-ring (bicyclic) bond motifs is 5. The highest BCUT2D eigenvalue weighted by atomic mass is 127. The van der Waals surface area contributed by atoms with Crippen molar-refractivity contribution in [2.75, 3.05) is 11.0 Å². The lowest BCUT2D eigenvalue weighted by atomic mass is 9.74. The van der Waals surface area contributed by atoms with Gasteiger partial charge in [-0.1, -0.05) is 22.6 Å². The molecule has 0 radical (unpaired) electrons. The van der Waals surface area contributed by atoms with Crippen LogP contribution < -0.4 is 0 Å². The number of carbonyl (C=O) groups is 1. The molecule has 0 saturated carbocycles. The summed E-state index contributed by atoms with van der Waals surface area (Å²) in [7, 11) is 0. The summed E-state index contributed by atoms with van der Waals surface area (Å²) >= 11 is 2.32. The smallest absolute Gasteiger partial charge is 0.312 e. The highest BCUT2D eigenvalue weighted by Crippen LogP contribution is 2.54. The molecule has 4 atom stereocenters. The summed E-state index contributed by atoms with van der Waals surface area (Å²) < 4.78 is 12.0. The van der Waals surface area contributed by atoms with Crippen LogP contribution in [-0.4, -0.2) is 28.7 Å². The molecule has 13 heavy (non-hydrogen) atoms. The van der Waals surface area contributed by atoms with Crippen LogP contribution in [0.3, 0.4) is 0 Å². The normalized spacial score (nSPS) is 52.4. The van der Waals surface area contributed by atoms with Crippen LogP contribution >= 0.6 is 22.6 Å². The van der Waals surface area contributed by atoms with Gasteiger partial charge in [0.05, 0.1) is 24.2 Å². The van der Waals surface area contributed by atoms with E-state index in [0.29, 0.717) is 18.6 Å². The maximum absolute atomic E-state index is 11.5. The van der Waals surface area contributed by atoms with Crippen molar-refractivity contribution in [3.8, 4) is 0 Å². The van der Waals surface area contributed by atoms with Gasteiger partial charge in [0, 0.05) is 10.3 Å². The minimum atomic E-state index is -0.163. The first-order valence-electron chi connectivity index (χ1n) is 4.67. The molecule has 3 aliphatic heterocycles. The molecular formula is C9H11IO3. The van der Waals surface area contributed by atoms with Crippen LogP contribution in [0.4, 0.5) is 0 Å². The van der Waals surface area contributed by atoms with Crippen LogP contribution in [0.1, 0.15) is 12.8 Å². The van der Waals surface area contributed by atoms with Crippen molar-refractivity contribution in [2.45, 2.75) is 24.5 Å². The average Bonchev–Trinajstić information content (AvgIpc) is 2.76. The zero-order valence-corrected chi connectivity index (χ0v) is 9.32. The third-order valence-electron chi connectivity index (χ3n) is 3.61. The van der Waals surface area contributed by atoms with Crippen LogP contribution in [0.15, 0.2) is 0 Å². The van der Waals surface area contributed by atoms with E-state index in [1.54, 1.807) is 0 Å². The molecule has 3 nitrogen and oxygen atoms in total. The third-order valence-corrected chi connectivity index (χ3v) is 4.90. The Labute approximate surface area is 90.3 Å². The molecule has 0 aliphatic carbocycles. The van der Waals surface area contributed by atoms with Gasteiger partial charge in [0.15, 0.2) is 0 Å². The number of hydrogen-bond donors (Lipinski definition) is 0. The van der Waals surface area contributed by atoms with E-state index in [1.165, 1.54) is 0 Å². The summed E-state index contributed by atoms with van der Waals surface area (Å²) in [5.74, 6) is 0.378. The Bertz CT molecular complexity index is 268. The largest absolute Gasteiger partial charge is 0.465 e. The number of rotatable bonds is 1. The Kier molecular flexibility index (Phi) is 1.69. The molecule has 0 aromatic carbocycles. The van der Waals surface area contributed by atoms with Gasteiger partial charge in [-0.3, -0.25) is 4.79 Å². The molecule has 0 aromatic rings. The van der Waals surface area contributed by atoms with Crippen LogP contribution in [0.25, 0.3) is 0 Å². The molecule has 3 rings (SSSR count). The summed E-state index contributed by atoms with van der Waals surface area (Å²) in [6, 6.07) is 0. The summed E-state index contributed by atoms with van der Waals surface area (Å²) in [5.41, 5.74) is -0.163. The number of esters is 1. The fourth-order valence-electron chi connectivity index (χ4n) is 2.98. The fourth-order valence-corrected chi connectivity index (χ4v) is 4.02. The average molecular weight is 294 g/mol. The molecule has 3 aliphatic rings. The van der Waals surface area contributed by atoms with E-state index < -0.39 is 0 Å². The Morgan fingerprint density at radius 1 is 1.62 bits per heavy atom. The van der Waals surface area contributed by atoms with Crippen LogP contribution in [-0.2, 0) is 14.3 Å².